The highest BCUT2D eigenvalue weighted by Gasteiger charge is 2.38. The van der Waals surface area contributed by atoms with E-state index in [4.69, 9.17) is 4.42 Å². The molecule has 1 saturated heterocycles. The molecule has 1 fully saturated rings. The lowest BCUT2D eigenvalue weighted by Crippen LogP contribution is -2.60. The molecule has 2 atom stereocenters. The topological polar surface area (TPSA) is 92.3 Å². The number of nitrogens with zero attached hydrogens (tertiary/aromatic N) is 4. The van der Waals surface area contributed by atoms with Gasteiger partial charge < -0.3 is 14.4 Å². The first-order valence-electron chi connectivity index (χ1n) is 7.90. The number of hydrogen-bond acceptors (Lipinski definition) is 7. The fourth-order valence-corrected chi connectivity index (χ4v) is 3.29. The van der Waals surface area contributed by atoms with Gasteiger partial charge in [-0.1, -0.05) is 6.07 Å². The van der Waals surface area contributed by atoms with E-state index in [9.17, 15) is 9.90 Å². The predicted molar refractivity (Wildman–Crippen MR) is 91.2 cm³/mol. The highest BCUT2D eigenvalue weighted by atomic mass is 32.1. The Morgan fingerprint density at radius 1 is 1.44 bits per heavy atom. The second-order valence-electron chi connectivity index (χ2n) is 5.96. The largest absolute Gasteiger partial charge is 0.448 e. The van der Waals surface area contributed by atoms with Crippen LogP contribution in [-0.4, -0.2) is 49.6 Å². The van der Waals surface area contributed by atoms with Crippen molar-refractivity contribution in [3.63, 3.8) is 0 Å². The molecule has 4 rings (SSSR count). The number of rotatable bonds is 4. The molecule has 3 aromatic heterocycles. The molecule has 1 amide bonds. The number of β-amino-alcohol motifs (C(OH)–C–C–N with tert-alkyl or cyclic N) is 1. The molecule has 3 aromatic rings. The van der Waals surface area contributed by atoms with Crippen LogP contribution in [0.15, 0.2) is 40.6 Å². The number of thiazole rings is 1. The molecule has 8 heteroatoms. The molecular weight excluding hydrogens is 340 g/mol. The maximum absolute atomic E-state index is 12.3. The highest BCUT2D eigenvalue weighted by molar-refractivity contribution is 7.13. The Kier molecular flexibility index (Phi) is 4.06. The molecule has 1 aliphatic rings. The molecule has 0 unspecified atom stereocenters. The average Bonchev–Trinajstić information content (AvgIpc) is 3.31. The first kappa shape index (κ1) is 15.9. The van der Waals surface area contributed by atoms with E-state index in [0.29, 0.717) is 18.9 Å². The Morgan fingerprint density at radius 3 is 2.96 bits per heavy atom. The first-order valence-corrected chi connectivity index (χ1v) is 8.78. The van der Waals surface area contributed by atoms with Crippen LogP contribution < -0.4 is 0 Å². The fourth-order valence-electron chi connectivity index (χ4n) is 2.68. The number of aliphatic hydroxyl groups excluding tert-OH is 1. The number of carbonyl (C=O) groups is 1. The standard InChI is InChI=1S/C17H16N4O3S/c1-10-14(22)8-21(10)17(23)13-9-24-15(20-13)6-11-2-3-12(19-7-11)16-18-4-5-25-16/h2-5,7,9-10,14,22H,6,8H2,1H3/t10-,14-/m0/s1. The van der Waals surface area contributed by atoms with E-state index in [1.807, 2.05) is 24.4 Å². The van der Waals surface area contributed by atoms with Crippen LogP contribution in [-0.2, 0) is 6.42 Å². The van der Waals surface area contributed by atoms with Crippen LogP contribution in [0.4, 0.5) is 0 Å². The van der Waals surface area contributed by atoms with Crippen LogP contribution in [0.5, 0.6) is 0 Å². The third-order valence-corrected chi connectivity index (χ3v) is 5.09. The minimum atomic E-state index is -0.460. The number of hydrogen-bond donors (Lipinski definition) is 1. The number of aliphatic hydroxyl groups is 1. The van der Waals surface area contributed by atoms with Crippen LogP contribution in [0, 0.1) is 0 Å². The quantitative estimate of drug-likeness (QED) is 0.768. The predicted octanol–water partition coefficient (Wildman–Crippen LogP) is 1.99. The molecule has 0 spiro atoms. The van der Waals surface area contributed by atoms with Crippen molar-refractivity contribution >= 4 is 17.2 Å². The lowest BCUT2D eigenvalue weighted by molar-refractivity contribution is -0.0360. The van der Waals surface area contributed by atoms with Gasteiger partial charge in [-0.3, -0.25) is 9.78 Å². The molecule has 25 heavy (non-hydrogen) atoms. The Morgan fingerprint density at radius 2 is 2.32 bits per heavy atom. The molecule has 0 radical (unpaired) electrons. The van der Waals surface area contributed by atoms with Gasteiger partial charge in [0.05, 0.1) is 24.3 Å². The Bertz CT molecular complexity index is 876. The van der Waals surface area contributed by atoms with Gasteiger partial charge in [-0.05, 0) is 18.6 Å². The van der Waals surface area contributed by atoms with Crippen LogP contribution in [0.25, 0.3) is 10.7 Å². The Labute approximate surface area is 148 Å². The van der Waals surface area contributed by atoms with E-state index >= 15 is 0 Å². The zero-order valence-corrected chi connectivity index (χ0v) is 14.3. The van der Waals surface area contributed by atoms with Crippen LogP contribution in [0.3, 0.4) is 0 Å². The number of oxazole rings is 1. The molecule has 0 aromatic carbocycles. The SMILES string of the molecule is C[C@H]1[C@@H](O)CN1C(=O)c1coc(Cc2ccc(-c3nccs3)nc2)n1. The van der Waals surface area contributed by atoms with Gasteiger partial charge in [0.1, 0.15) is 11.3 Å². The zero-order chi connectivity index (χ0) is 17.4. The van der Waals surface area contributed by atoms with Crippen molar-refractivity contribution in [2.75, 3.05) is 6.54 Å². The Hall–Kier alpha value is -2.58. The minimum Gasteiger partial charge on any atom is -0.448 e. The zero-order valence-electron chi connectivity index (χ0n) is 13.5. The van der Waals surface area contributed by atoms with Crippen molar-refractivity contribution in [3.05, 3.63) is 53.3 Å². The summed E-state index contributed by atoms with van der Waals surface area (Å²) >= 11 is 1.54. The van der Waals surface area contributed by atoms with Crippen molar-refractivity contribution in [2.45, 2.75) is 25.5 Å². The molecule has 0 bridgehead atoms. The number of carbonyl (C=O) groups excluding carboxylic acids is 1. The molecule has 1 N–H and O–H groups in total. The monoisotopic (exact) mass is 356 g/mol. The summed E-state index contributed by atoms with van der Waals surface area (Å²) in [5.74, 6) is 0.242. The fraction of sp³-hybridized carbons (Fsp3) is 0.294. The van der Waals surface area contributed by atoms with Crippen molar-refractivity contribution < 1.29 is 14.3 Å². The maximum atomic E-state index is 12.3. The van der Waals surface area contributed by atoms with E-state index in [2.05, 4.69) is 15.0 Å². The second kappa shape index (κ2) is 6.38. The van der Waals surface area contributed by atoms with Crippen molar-refractivity contribution in [3.8, 4) is 10.7 Å². The smallest absolute Gasteiger partial charge is 0.276 e. The summed E-state index contributed by atoms with van der Waals surface area (Å²) < 4.78 is 5.41. The van der Waals surface area contributed by atoms with Gasteiger partial charge in [0, 0.05) is 24.3 Å². The molecule has 0 saturated carbocycles. The number of amides is 1. The van der Waals surface area contributed by atoms with Gasteiger partial charge in [-0.25, -0.2) is 9.97 Å². The summed E-state index contributed by atoms with van der Waals surface area (Å²) in [7, 11) is 0. The van der Waals surface area contributed by atoms with Gasteiger partial charge in [0.2, 0.25) is 0 Å². The van der Waals surface area contributed by atoms with Crippen LogP contribution >= 0.6 is 11.3 Å². The summed E-state index contributed by atoms with van der Waals surface area (Å²) in [5.41, 5.74) is 2.03. The Balaban J connectivity index is 1.43. The number of pyridine rings is 1. The summed E-state index contributed by atoms with van der Waals surface area (Å²) in [6, 6.07) is 3.67. The third kappa shape index (κ3) is 3.06. The molecule has 7 nitrogen and oxygen atoms in total. The average molecular weight is 356 g/mol. The van der Waals surface area contributed by atoms with Gasteiger partial charge in [-0.2, -0.15) is 0 Å². The normalized spacial score (nSPS) is 19.7. The molecular formula is C17H16N4O3S. The van der Waals surface area contributed by atoms with Gasteiger partial charge in [0.25, 0.3) is 5.91 Å². The van der Waals surface area contributed by atoms with Crippen molar-refractivity contribution in [2.24, 2.45) is 0 Å². The minimum absolute atomic E-state index is 0.185. The lowest BCUT2D eigenvalue weighted by Gasteiger charge is -2.42. The van der Waals surface area contributed by atoms with E-state index in [0.717, 1.165) is 16.3 Å². The summed E-state index contributed by atoms with van der Waals surface area (Å²) in [5, 5.41) is 12.3. The van der Waals surface area contributed by atoms with E-state index in [1.165, 1.54) is 17.6 Å². The molecule has 1 aliphatic heterocycles. The first-order chi connectivity index (χ1) is 12.1. The summed E-state index contributed by atoms with van der Waals surface area (Å²) in [4.78, 5) is 26.8. The summed E-state index contributed by atoms with van der Waals surface area (Å²) in [6.45, 7) is 2.15. The van der Waals surface area contributed by atoms with Gasteiger partial charge >= 0.3 is 0 Å². The third-order valence-electron chi connectivity index (χ3n) is 4.30. The van der Waals surface area contributed by atoms with Crippen molar-refractivity contribution in [1.29, 1.82) is 0 Å². The van der Waals surface area contributed by atoms with E-state index in [1.54, 1.807) is 17.3 Å². The molecule has 128 valence electrons. The van der Waals surface area contributed by atoms with Crippen molar-refractivity contribution in [1.82, 2.24) is 19.9 Å². The van der Waals surface area contributed by atoms with Gasteiger partial charge in [-0.15, -0.1) is 11.3 Å². The molecule has 0 aliphatic carbocycles. The van der Waals surface area contributed by atoms with E-state index in [-0.39, 0.29) is 17.6 Å². The number of aromatic nitrogens is 3. The number of likely N-dealkylation sites (tertiary alicyclic amines) is 1. The lowest BCUT2D eigenvalue weighted by atomic mass is 10.0. The highest BCUT2D eigenvalue weighted by Crippen LogP contribution is 2.22. The van der Waals surface area contributed by atoms with E-state index < -0.39 is 6.10 Å². The van der Waals surface area contributed by atoms with Crippen LogP contribution in [0.2, 0.25) is 0 Å². The molecule has 4 heterocycles. The second-order valence-corrected chi connectivity index (χ2v) is 6.85. The maximum Gasteiger partial charge on any atom is 0.276 e. The van der Waals surface area contributed by atoms with Crippen LogP contribution in [0.1, 0.15) is 28.9 Å². The summed E-state index contributed by atoms with van der Waals surface area (Å²) in [6.07, 6.45) is 4.87. The van der Waals surface area contributed by atoms with Gasteiger partial charge in [0.15, 0.2) is 11.6 Å².